The summed E-state index contributed by atoms with van der Waals surface area (Å²) in [5.74, 6) is 5.68. The van der Waals surface area contributed by atoms with E-state index in [1.54, 1.807) is 0 Å². The largest absolute Gasteiger partial charge is 0.103 e. The molecule has 0 unspecified atom stereocenters. The molecule has 1 aromatic carbocycles. The Morgan fingerprint density at radius 3 is 1.69 bits per heavy atom. The van der Waals surface area contributed by atoms with Gasteiger partial charge in [0.25, 0.3) is 0 Å². The fraction of sp³-hybridized carbons (Fsp3) is 0.714. The van der Waals surface area contributed by atoms with Crippen LogP contribution in [0.5, 0.6) is 0 Å². The first kappa shape index (κ1) is 21.5. The molecule has 0 amide bonds. The van der Waals surface area contributed by atoms with Crippen molar-refractivity contribution in [1.82, 2.24) is 0 Å². The molecule has 29 heavy (non-hydrogen) atoms. The molecule has 0 spiro atoms. The van der Waals surface area contributed by atoms with Gasteiger partial charge >= 0.3 is 0 Å². The van der Waals surface area contributed by atoms with Gasteiger partial charge in [0.1, 0.15) is 0 Å². The van der Waals surface area contributed by atoms with E-state index in [2.05, 4.69) is 36.9 Å². The molecule has 4 rings (SSSR count). The highest BCUT2D eigenvalue weighted by Crippen LogP contribution is 2.45. The Balaban J connectivity index is 1.14. The van der Waals surface area contributed by atoms with E-state index < -0.39 is 0 Å². The molecule has 0 radical (unpaired) electrons. The lowest BCUT2D eigenvalue weighted by Gasteiger charge is -2.38. The second-order valence-electron chi connectivity index (χ2n) is 10.5. The molecule has 3 fully saturated rings. The van der Waals surface area contributed by atoms with Crippen LogP contribution in [0.4, 0.5) is 0 Å². The Morgan fingerprint density at radius 1 is 0.690 bits per heavy atom. The second-order valence-corrected chi connectivity index (χ2v) is 11.0. The van der Waals surface area contributed by atoms with Crippen molar-refractivity contribution in [2.45, 2.75) is 95.8 Å². The van der Waals surface area contributed by atoms with Gasteiger partial charge in [-0.15, -0.1) is 6.58 Å². The number of halogens is 1. The molecule has 0 saturated heterocycles. The van der Waals surface area contributed by atoms with Gasteiger partial charge in [0.2, 0.25) is 0 Å². The maximum Gasteiger partial charge on any atom is 0.0406 e. The molecule has 160 valence electrons. The van der Waals surface area contributed by atoms with E-state index in [9.17, 15) is 0 Å². The Labute approximate surface area is 184 Å². The molecular weight excluding hydrogens is 372 g/mol. The lowest BCUT2D eigenvalue weighted by Crippen LogP contribution is -2.25. The van der Waals surface area contributed by atoms with E-state index in [0.29, 0.717) is 0 Å². The number of hydrogen-bond donors (Lipinski definition) is 0. The third kappa shape index (κ3) is 5.90. The van der Waals surface area contributed by atoms with Gasteiger partial charge < -0.3 is 0 Å². The van der Waals surface area contributed by atoms with Crippen molar-refractivity contribution in [2.24, 2.45) is 29.6 Å². The minimum Gasteiger partial charge on any atom is -0.103 e. The molecule has 3 aliphatic carbocycles. The van der Waals surface area contributed by atoms with Crippen molar-refractivity contribution in [3.63, 3.8) is 0 Å². The van der Waals surface area contributed by atoms with Crippen LogP contribution in [-0.2, 0) is 0 Å². The molecule has 0 atom stereocenters. The highest BCUT2D eigenvalue weighted by atomic mass is 35.5. The van der Waals surface area contributed by atoms with Crippen LogP contribution < -0.4 is 0 Å². The van der Waals surface area contributed by atoms with E-state index in [4.69, 9.17) is 11.6 Å². The van der Waals surface area contributed by atoms with Crippen LogP contribution in [0.1, 0.15) is 101 Å². The molecule has 3 aliphatic rings. The Kier molecular flexibility index (Phi) is 7.79. The molecule has 0 N–H and O–H groups in total. The van der Waals surface area contributed by atoms with Crippen molar-refractivity contribution in [3.8, 4) is 0 Å². The summed E-state index contributed by atoms with van der Waals surface area (Å²) < 4.78 is 0. The van der Waals surface area contributed by atoms with Crippen LogP contribution in [0.15, 0.2) is 36.9 Å². The summed E-state index contributed by atoms with van der Waals surface area (Å²) in [6.07, 6.45) is 22.7. The fourth-order valence-electron chi connectivity index (χ4n) is 6.79. The van der Waals surface area contributed by atoms with Crippen molar-refractivity contribution in [3.05, 3.63) is 47.5 Å². The molecule has 0 bridgehead atoms. The molecule has 0 heterocycles. The second kappa shape index (κ2) is 10.5. The van der Waals surface area contributed by atoms with Gasteiger partial charge in [-0.25, -0.2) is 0 Å². The van der Waals surface area contributed by atoms with Crippen LogP contribution in [-0.4, -0.2) is 0 Å². The van der Waals surface area contributed by atoms with E-state index in [1.807, 2.05) is 0 Å². The zero-order chi connectivity index (χ0) is 20.1. The maximum atomic E-state index is 6.06. The van der Waals surface area contributed by atoms with E-state index in [-0.39, 0.29) is 0 Å². The highest BCUT2D eigenvalue weighted by Gasteiger charge is 2.31. The summed E-state index contributed by atoms with van der Waals surface area (Å²) >= 11 is 6.06. The molecule has 0 aromatic heterocycles. The lowest BCUT2D eigenvalue weighted by atomic mass is 9.67. The molecule has 0 aliphatic heterocycles. The van der Waals surface area contributed by atoms with Crippen molar-refractivity contribution >= 4 is 11.6 Å². The van der Waals surface area contributed by atoms with Crippen LogP contribution in [0, 0.1) is 29.6 Å². The Morgan fingerprint density at radius 2 is 1.17 bits per heavy atom. The number of benzene rings is 1. The highest BCUT2D eigenvalue weighted by molar-refractivity contribution is 6.30. The molecule has 1 heteroatoms. The summed E-state index contributed by atoms with van der Waals surface area (Å²) in [6, 6.07) is 8.63. The Hall–Kier alpha value is -0.750. The summed E-state index contributed by atoms with van der Waals surface area (Å²) in [6.45, 7) is 3.99. The quantitative estimate of drug-likeness (QED) is 0.408. The first-order valence-corrected chi connectivity index (χ1v) is 13.0. The van der Waals surface area contributed by atoms with Crippen LogP contribution in [0.2, 0.25) is 5.02 Å². The minimum absolute atomic E-state index is 0.774. The van der Waals surface area contributed by atoms with Crippen molar-refractivity contribution in [2.75, 3.05) is 0 Å². The third-order valence-electron chi connectivity index (χ3n) is 8.88. The number of rotatable bonds is 6. The predicted molar refractivity (Wildman–Crippen MR) is 126 cm³/mol. The van der Waals surface area contributed by atoms with Gasteiger partial charge in [-0.2, -0.15) is 0 Å². The van der Waals surface area contributed by atoms with Gasteiger partial charge in [-0.05, 0) is 117 Å². The van der Waals surface area contributed by atoms with Gasteiger partial charge in [0, 0.05) is 5.02 Å². The summed E-state index contributed by atoms with van der Waals surface area (Å²) in [7, 11) is 0. The number of hydrogen-bond acceptors (Lipinski definition) is 0. The topological polar surface area (TPSA) is 0 Å². The SMILES string of the molecule is C=C[C@H]1CC[C@H](CC[C@H]2CC[C@H]([C@H]3CC[C@H](c4ccc(Cl)cc4)CC3)CC2)CC1. The average molecular weight is 413 g/mol. The summed E-state index contributed by atoms with van der Waals surface area (Å²) in [5.41, 5.74) is 1.51. The van der Waals surface area contributed by atoms with Crippen LogP contribution >= 0.6 is 11.6 Å². The standard InChI is InChI=1S/C28H41Cl/c1-2-21-3-5-22(6-4-21)7-8-23-9-11-24(12-10-23)25-13-15-26(16-14-25)27-17-19-28(29)20-18-27/h2,17-26H,1,3-16H2/t21-,22-,23-,24-,25-,26-. The summed E-state index contributed by atoms with van der Waals surface area (Å²) in [5, 5.41) is 0.864. The van der Waals surface area contributed by atoms with Gasteiger partial charge in [-0.3, -0.25) is 0 Å². The maximum absolute atomic E-state index is 6.06. The van der Waals surface area contributed by atoms with Crippen molar-refractivity contribution < 1.29 is 0 Å². The van der Waals surface area contributed by atoms with Gasteiger partial charge in [-0.1, -0.05) is 55.5 Å². The fourth-order valence-corrected chi connectivity index (χ4v) is 6.92. The summed E-state index contributed by atoms with van der Waals surface area (Å²) in [4.78, 5) is 0. The first-order valence-electron chi connectivity index (χ1n) is 12.6. The minimum atomic E-state index is 0.774. The molecule has 0 nitrogen and oxygen atoms in total. The van der Waals surface area contributed by atoms with Crippen LogP contribution in [0.25, 0.3) is 0 Å². The van der Waals surface area contributed by atoms with Gasteiger partial charge in [0.05, 0.1) is 0 Å². The normalized spacial score (nSPS) is 35.9. The predicted octanol–water partition coefficient (Wildman–Crippen LogP) is 9.19. The van der Waals surface area contributed by atoms with E-state index in [0.717, 1.165) is 40.5 Å². The molecule has 3 saturated carbocycles. The van der Waals surface area contributed by atoms with Crippen molar-refractivity contribution in [1.29, 1.82) is 0 Å². The number of allylic oxidation sites excluding steroid dienone is 1. The smallest absolute Gasteiger partial charge is 0.0406 e. The third-order valence-corrected chi connectivity index (χ3v) is 9.13. The molecule has 1 aromatic rings. The van der Waals surface area contributed by atoms with E-state index in [1.165, 1.54) is 95.5 Å². The van der Waals surface area contributed by atoms with E-state index >= 15 is 0 Å². The monoisotopic (exact) mass is 412 g/mol. The molecular formula is C28H41Cl. The zero-order valence-corrected chi connectivity index (χ0v) is 19.1. The van der Waals surface area contributed by atoms with Gasteiger partial charge in [0.15, 0.2) is 0 Å². The van der Waals surface area contributed by atoms with Crippen LogP contribution in [0.3, 0.4) is 0 Å². The Bertz CT molecular complexity index is 608. The average Bonchev–Trinajstić information content (AvgIpc) is 2.79. The lowest BCUT2D eigenvalue weighted by molar-refractivity contribution is 0.151. The zero-order valence-electron chi connectivity index (χ0n) is 18.3. The first-order chi connectivity index (χ1) is 14.2.